The van der Waals surface area contributed by atoms with E-state index in [1.165, 1.54) is 12.1 Å². The Morgan fingerprint density at radius 2 is 1.97 bits per heavy atom. The Hall–Kier alpha value is -4.32. The lowest BCUT2D eigenvalue weighted by molar-refractivity contribution is 0.249. The molecule has 0 spiro atoms. The third-order valence-electron chi connectivity index (χ3n) is 4.56. The van der Waals surface area contributed by atoms with E-state index in [0.29, 0.717) is 22.7 Å². The van der Waals surface area contributed by atoms with Crippen LogP contribution in [0.3, 0.4) is 0 Å². The average molecular weight is 401 g/mol. The number of halogens is 1. The van der Waals surface area contributed by atoms with Gasteiger partial charge in [-0.15, -0.1) is 0 Å². The highest BCUT2D eigenvalue weighted by Crippen LogP contribution is 2.26. The molecule has 2 amide bonds. The van der Waals surface area contributed by atoms with E-state index in [1.807, 2.05) is 6.07 Å². The third-order valence-corrected chi connectivity index (χ3v) is 4.56. The van der Waals surface area contributed by atoms with E-state index < -0.39 is 6.03 Å². The molecule has 0 radical (unpaired) electrons. The molecule has 9 heteroatoms. The molecule has 0 fully saturated rings. The van der Waals surface area contributed by atoms with E-state index in [1.54, 1.807) is 49.6 Å². The summed E-state index contributed by atoms with van der Waals surface area (Å²) in [6, 6.07) is 12.2. The SMILES string of the molecule is C[C@@H](NC(=O)Nc1cc2[nH]nc(-c3ccc(C#N)nc3)c2cn1)c1ccc(F)cc1. The molecule has 3 heterocycles. The number of nitrogens with zero attached hydrogens (tertiary/aromatic N) is 4. The van der Waals surface area contributed by atoms with Crippen LogP contribution in [0.5, 0.6) is 0 Å². The number of hydrogen-bond acceptors (Lipinski definition) is 5. The van der Waals surface area contributed by atoms with E-state index in [9.17, 15) is 9.18 Å². The second-order valence-corrected chi connectivity index (χ2v) is 6.60. The lowest BCUT2D eigenvalue weighted by Gasteiger charge is -2.14. The molecule has 0 saturated heterocycles. The topological polar surface area (TPSA) is 119 Å². The summed E-state index contributed by atoms with van der Waals surface area (Å²) in [5.74, 6) is 0.0167. The van der Waals surface area contributed by atoms with Crippen LogP contribution in [-0.4, -0.2) is 26.2 Å². The highest BCUT2D eigenvalue weighted by molar-refractivity contribution is 5.95. The number of carbonyl (C=O) groups excluding carboxylic acids is 1. The number of hydrogen-bond donors (Lipinski definition) is 3. The molecule has 0 unspecified atom stereocenters. The zero-order valence-electron chi connectivity index (χ0n) is 15.8. The van der Waals surface area contributed by atoms with Gasteiger partial charge in [-0.25, -0.2) is 19.2 Å². The number of carbonyl (C=O) groups is 1. The molecule has 30 heavy (non-hydrogen) atoms. The molecule has 0 bridgehead atoms. The van der Waals surface area contributed by atoms with Crippen molar-refractivity contribution < 1.29 is 9.18 Å². The maximum absolute atomic E-state index is 13.0. The van der Waals surface area contributed by atoms with Crippen molar-refractivity contribution in [2.45, 2.75) is 13.0 Å². The van der Waals surface area contributed by atoms with E-state index in [2.05, 4.69) is 30.8 Å². The molecular weight excluding hydrogens is 385 g/mol. The predicted molar refractivity (Wildman–Crippen MR) is 109 cm³/mol. The van der Waals surface area contributed by atoms with Crippen molar-refractivity contribution in [3.63, 3.8) is 0 Å². The average Bonchev–Trinajstić information content (AvgIpc) is 3.17. The van der Waals surface area contributed by atoms with Gasteiger partial charge in [-0.1, -0.05) is 12.1 Å². The Kier molecular flexibility index (Phi) is 5.05. The second kappa shape index (κ2) is 7.97. The van der Waals surface area contributed by atoms with Gasteiger partial charge >= 0.3 is 6.03 Å². The summed E-state index contributed by atoms with van der Waals surface area (Å²) in [7, 11) is 0. The molecular formula is C21H16FN7O. The van der Waals surface area contributed by atoms with Crippen LogP contribution in [0.2, 0.25) is 0 Å². The maximum Gasteiger partial charge on any atom is 0.320 e. The number of nitriles is 1. The first-order valence-electron chi connectivity index (χ1n) is 9.07. The van der Waals surface area contributed by atoms with Gasteiger partial charge in [0.15, 0.2) is 0 Å². The van der Waals surface area contributed by atoms with Gasteiger partial charge in [0.05, 0.1) is 11.6 Å². The van der Waals surface area contributed by atoms with Crippen molar-refractivity contribution in [2.75, 3.05) is 5.32 Å². The molecule has 4 aromatic rings. The van der Waals surface area contributed by atoms with Crippen molar-refractivity contribution in [1.82, 2.24) is 25.5 Å². The van der Waals surface area contributed by atoms with Crippen LogP contribution >= 0.6 is 0 Å². The Morgan fingerprint density at radius 1 is 1.17 bits per heavy atom. The van der Waals surface area contributed by atoms with Gasteiger partial charge in [0.1, 0.15) is 29.1 Å². The first-order valence-corrected chi connectivity index (χ1v) is 9.07. The number of amides is 2. The monoisotopic (exact) mass is 401 g/mol. The minimum atomic E-state index is -0.435. The Bertz CT molecular complexity index is 1240. The Morgan fingerprint density at radius 3 is 2.67 bits per heavy atom. The highest BCUT2D eigenvalue weighted by Gasteiger charge is 2.13. The lowest BCUT2D eigenvalue weighted by Crippen LogP contribution is -2.31. The van der Waals surface area contributed by atoms with E-state index in [-0.39, 0.29) is 11.9 Å². The normalized spacial score (nSPS) is 11.6. The summed E-state index contributed by atoms with van der Waals surface area (Å²) in [5, 5.41) is 22.3. The quantitative estimate of drug-likeness (QED) is 0.479. The molecule has 4 rings (SSSR count). The standard InChI is InChI=1S/C21H16FN7O/c1-12(13-2-5-15(22)6-3-13)26-21(30)27-19-8-18-17(11-25-19)20(29-28-18)14-4-7-16(9-23)24-10-14/h2-8,10-12H,1H3,(H,28,29)(H2,25,26,27,30)/t12-/m1/s1. The van der Waals surface area contributed by atoms with Gasteiger partial charge < -0.3 is 5.32 Å². The van der Waals surface area contributed by atoms with Gasteiger partial charge in [-0.05, 0) is 36.8 Å². The summed E-state index contributed by atoms with van der Waals surface area (Å²) in [4.78, 5) is 20.6. The van der Waals surface area contributed by atoms with Crippen molar-refractivity contribution >= 4 is 22.8 Å². The van der Waals surface area contributed by atoms with E-state index >= 15 is 0 Å². The third kappa shape index (κ3) is 3.93. The minimum Gasteiger partial charge on any atom is -0.331 e. The summed E-state index contributed by atoms with van der Waals surface area (Å²) in [6.45, 7) is 1.80. The number of pyridine rings is 2. The maximum atomic E-state index is 13.0. The zero-order chi connectivity index (χ0) is 21.1. The number of aromatic amines is 1. The zero-order valence-corrected chi connectivity index (χ0v) is 15.8. The lowest BCUT2D eigenvalue weighted by atomic mass is 10.1. The van der Waals surface area contributed by atoms with Crippen molar-refractivity contribution in [3.8, 4) is 17.3 Å². The molecule has 1 atom stereocenters. The van der Waals surface area contributed by atoms with Crippen molar-refractivity contribution in [3.05, 3.63) is 71.9 Å². The van der Waals surface area contributed by atoms with E-state index in [0.717, 1.165) is 16.5 Å². The van der Waals surface area contributed by atoms with Gasteiger partial charge in [-0.2, -0.15) is 10.4 Å². The number of H-pyrrole nitrogens is 1. The molecule has 1 aromatic carbocycles. The molecule has 0 aliphatic carbocycles. The molecule has 0 aliphatic heterocycles. The van der Waals surface area contributed by atoms with Crippen LogP contribution in [0.1, 0.15) is 24.2 Å². The molecule has 3 N–H and O–H groups in total. The highest BCUT2D eigenvalue weighted by atomic mass is 19.1. The fraction of sp³-hybridized carbons (Fsp3) is 0.0952. The largest absolute Gasteiger partial charge is 0.331 e. The summed E-state index contributed by atoms with van der Waals surface area (Å²) in [6.07, 6.45) is 3.18. The van der Waals surface area contributed by atoms with Crippen molar-refractivity contribution in [2.24, 2.45) is 0 Å². The fourth-order valence-electron chi connectivity index (χ4n) is 2.99. The van der Waals surface area contributed by atoms with E-state index in [4.69, 9.17) is 5.26 Å². The number of nitrogens with one attached hydrogen (secondary N) is 3. The van der Waals surface area contributed by atoms with Crippen LogP contribution in [0.25, 0.3) is 22.2 Å². The number of benzene rings is 1. The van der Waals surface area contributed by atoms with Gasteiger partial charge in [-0.3, -0.25) is 10.4 Å². The van der Waals surface area contributed by atoms with Gasteiger partial charge in [0.25, 0.3) is 0 Å². The summed E-state index contributed by atoms with van der Waals surface area (Å²) in [5.41, 5.74) is 3.18. The molecule has 0 saturated carbocycles. The number of fused-ring (bicyclic) bond motifs is 1. The minimum absolute atomic E-state index is 0.308. The first kappa shape index (κ1) is 19.0. The predicted octanol–water partition coefficient (Wildman–Crippen LogP) is 3.91. The molecule has 0 aliphatic rings. The second-order valence-electron chi connectivity index (χ2n) is 6.60. The smallest absolute Gasteiger partial charge is 0.320 e. The summed E-state index contributed by atoms with van der Waals surface area (Å²) >= 11 is 0. The molecule has 3 aromatic heterocycles. The fourth-order valence-corrected chi connectivity index (χ4v) is 2.99. The summed E-state index contributed by atoms with van der Waals surface area (Å²) < 4.78 is 13.0. The van der Waals surface area contributed by atoms with Gasteiger partial charge in [0.2, 0.25) is 0 Å². The number of urea groups is 1. The Labute approximate surface area is 170 Å². The number of anilines is 1. The first-order chi connectivity index (χ1) is 14.5. The van der Waals surface area contributed by atoms with Crippen LogP contribution < -0.4 is 10.6 Å². The molecule has 8 nitrogen and oxygen atoms in total. The van der Waals surface area contributed by atoms with Crippen LogP contribution in [-0.2, 0) is 0 Å². The van der Waals surface area contributed by atoms with Crippen molar-refractivity contribution in [1.29, 1.82) is 5.26 Å². The number of aromatic nitrogens is 4. The number of rotatable bonds is 4. The van der Waals surface area contributed by atoms with Crippen LogP contribution in [0.4, 0.5) is 15.0 Å². The molecule has 148 valence electrons. The van der Waals surface area contributed by atoms with Gasteiger partial charge in [0, 0.05) is 29.4 Å². The van der Waals surface area contributed by atoms with Crippen LogP contribution in [0, 0.1) is 17.1 Å². The Balaban J connectivity index is 1.48. The van der Waals surface area contributed by atoms with Crippen LogP contribution in [0.15, 0.2) is 54.9 Å².